The fraction of sp³-hybridized carbons (Fsp3) is 0.529. The summed E-state index contributed by atoms with van der Waals surface area (Å²) in [5.74, 6) is -0.239. The lowest BCUT2D eigenvalue weighted by molar-refractivity contribution is 0.0949. The normalized spacial score (nSPS) is 18.0. The van der Waals surface area contributed by atoms with E-state index >= 15 is 0 Å². The van der Waals surface area contributed by atoms with E-state index in [1.165, 1.54) is 0 Å². The molecule has 6 heteroatoms. The number of amides is 1. The first kappa shape index (κ1) is 17.4. The highest BCUT2D eigenvalue weighted by Gasteiger charge is 2.16. The molecule has 6 nitrogen and oxygen atoms in total. The number of carbonyl (C=O) groups is 1. The molecule has 1 unspecified atom stereocenters. The van der Waals surface area contributed by atoms with Gasteiger partial charge in [-0.3, -0.25) is 10.1 Å². The Hall–Kier alpha value is -1.92. The zero-order chi connectivity index (χ0) is 16.5. The van der Waals surface area contributed by atoms with Crippen LogP contribution in [0, 0.1) is 6.92 Å². The molecule has 1 aromatic rings. The number of methoxy groups -OCH3 is 1. The Morgan fingerprint density at radius 3 is 3.00 bits per heavy atom. The van der Waals surface area contributed by atoms with Crippen molar-refractivity contribution in [2.45, 2.75) is 25.9 Å². The van der Waals surface area contributed by atoms with Gasteiger partial charge >= 0.3 is 0 Å². The highest BCUT2D eigenvalue weighted by atomic mass is 16.5. The van der Waals surface area contributed by atoms with Crippen molar-refractivity contribution in [3.63, 3.8) is 0 Å². The van der Waals surface area contributed by atoms with E-state index in [4.69, 9.17) is 14.2 Å². The van der Waals surface area contributed by atoms with Gasteiger partial charge in [-0.05, 0) is 31.9 Å². The van der Waals surface area contributed by atoms with Crippen LogP contribution in [0.1, 0.15) is 28.8 Å². The molecule has 1 aliphatic rings. The number of rotatable bonds is 6. The fourth-order valence-corrected chi connectivity index (χ4v) is 2.27. The Morgan fingerprint density at radius 2 is 2.30 bits per heavy atom. The lowest BCUT2D eigenvalue weighted by Gasteiger charge is -2.12. The quantitative estimate of drug-likeness (QED) is 0.494. The molecule has 0 aliphatic carbocycles. The smallest absolute Gasteiger partial charge is 0.291 e. The molecule has 0 radical (unpaired) electrons. The van der Waals surface area contributed by atoms with Gasteiger partial charge in [-0.25, -0.2) is 4.99 Å². The van der Waals surface area contributed by atoms with Crippen LogP contribution in [0.4, 0.5) is 0 Å². The number of aliphatic imine (C=N–C) groups is 1. The number of aryl methyl sites for hydroxylation is 1. The molecule has 0 aromatic heterocycles. The van der Waals surface area contributed by atoms with Crippen molar-refractivity contribution in [2.24, 2.45) is 4.99 Å². The standard InChI is InChI=1S/C17H24N2O4/c1-13-5-3-6-14(11-13)16(20)19-17(23-10-9-21-2)18-12-15-7-4-8-22-15/h3,5-6,11,15H,4,7-10,12H2,1-2H3,(H,18,19,20). The van der Waals surface area contributed by atoms with E-state index in [1.807, 2.05) is 25.1 Å². The largest absolute Gasteiger partial charge is 0.463 e. The second-order valence-electron chi connectivity index (χ2n) is 5.45. The summed E-state index contributed by atoms with van der Waals surface area (Å²) >= 11 is 0. The molecule has 1 amide bonds. The van der Waals surface area contributed by atoms with Gasteiger partial charge in [0, 0.05) is 19.3 Å². The first-order valence-electron chi connectivity index (χ1n) is 7.85. The molecule has 1 atom stereocenters. The molecule has 126 valence electrons. The van der Waals surface area contributed by atoms with Crippen LogP contribution in [0.5, 0.6) is 0 Å². The predicted molar refractivity (Wildman–Crippen MR) is 87.7 cm³/mol. The highest BCUT2D eigenvalue weighted by Crippen LogP contribution is 2.12. The second kappa shape index (κ2) is 9.27. The number of ether oxygens (including phenoxy) is 3. The third-order valence-electron chi connectivity index (χ3n) is 3.49. The second-order valence-corrected chi connectivity index (χ2v) is 5.45. The lowest BCUT2D eigenvalue weighted by Crippen LogP contribution is -2.34. The van der Waals surface area contributed by atoms with Crippen LogP contribution in [0.3, 0.4) is 0 Å². The SMILES string of the molecule is COCCOC(=NCC1CCCO1)NC(=O)c1cccc(C)c1. The van der Waals surface area contributed by atoms with E-state index in [1.54, 1.807) is 13.2 Å². The third-order valence-corrected chi connectivity index (χ3v) is 3.49. The Kier molecular flexibility index (Phi) is 7.03. The van der Waals surface area contributed by atoms with Gasteiger partial charge < -0.3 is 14.2 Å². The Morgan fingerprint density at radius 1 is 1.43 bits per heavy atom. The van der Waals surface area contributed by atoms with E-state index in [0.29, 0.717) is 25.3 Å². The number of benzene rings is 1. The van der Waals surface area contributed by atoms with Gasteiger partial charge in [-0.2, -0.15) is 0 Å². The molecule has 1 fully saturated rings. The lowest BCUT2D eigenvalue weighted by atomic mass is 10.1. The molecule has 0 bridgehead atoms. The minimum absolute atomic E-state index is 0.104. The summed E-state index contributed by atoms with van der Waals surface area (Å²) in [7, 11) is 1.60. The van der Waals surface area contributed by atoms with Crippen LogP contribution >= 0.6 is 0 Å². The van der Waals surface area contributed by atoms with E-state index in [0.717, 1.165) is 25.0 Å². The molecule has 1 aliphatic heterocycles. The zero-order valence-electron chi connectivity index (χ0n) is 13.7. The van der Waals surface area contributed by atoms with Crippen molar-refractivity contribution >= 4 is 11.9 Å². The molecule has 2 rings (SSSR count). The summed E-state index contributed by atoms with van der Waals surface area (Å²) in [5.41, 5.74) is 1.60. The molecular weight excluding hydrogens is 296 g/mol. The van der Waals surface area contributed by atoms with Gasteiger partial charge in [-0.1, -0.05) is 17.7 Å². The van der Waals surface area contributed by atoms with Crippen molar-refractivity contribution in [3.8, 4) is 0 Å². The van der Waals surface area contributed by atoms with Crippen molar-refractivity contribution in [2.75, 3.05) is 33.5 Å². The monoisotopic (exact) mass is 320 g/mol. The van der Waals surface area contributed by atoms with Gasteiger partial charge in [0.05, 0.1) is 19.3 Å². The first-order valence-corrected chi connectivity index (χ1v) is 7.85. The number of hydrogen-bond acceptors (Lipinski definition) is 5. The molecule has 0 saturated carbocycles. The van der Waals surface area contributed by atoms with E-state index < -0.39 is 0 Å². The number of carbonyl (C=O) groups excluding carboxylic acids is 1. The van der Waals surface area contributed by atoms with Crippen molar-refractivity contribution in [3.05, 3.63) is 35.4 Å². The number of amidine groups is 1. The van der Waals surface area contributed by atoms with Crippen LogP contribution in [0.25, 0.3) is 0 Å². The average Bonchev–Trinajstić information content (AvgIpc) is 3.06. The van der Waals surface area contributed by atoms with Crippen LogP contribution < -0.4 is 5.32 Å². The molecule has 1 heterocycles. The number of nitrogens with zero attached hydrogens (tertiary/aromatic N) is 1. The number of nitrogens with one attached hydrogen (secondary N) is 1. The van der Waals surface area contributed by atoms with Gasteiger partial charge in [0.2, 0.25) is 0 Å². The van der Waals surface area contributed by atoms with E-state index in [9.17, 15) is 4.79 Å². The summed E-state index contributed by atoms with van der Waals surface area (Å²) in [6.45, 7) is 3.96. The average molecular weight is 320 g/mol. The maximum atomic E-state index is 12.3. The van der Waals surface area contributed by atoms with Crippen LogP contribution in [-0.2, 0) is 14.2 Å². The van der Waals surface area contributed by atoms with Gasteiger partial charge in [0.1, 0.15) is 6.61 Å². The van der Waals surface area contributed by atoms with Crippen LogP contribution in [-0.4, -0.2) is 51.5 Å². The Bertz CT molecular complexity index is 539. The van der Waals surface area contributed by atoms with Crippen molar-refractivity contribution in [1.82, 2.24) is 5.32 Å². The van der Waals surface area contributed by atoms with Crippen LogP contribution in [0.2, 0.25) is 0 Å². The summed E-state index contributed by atoms with van der Waals surface area (Å²) < 4.78 is 16.0. The van der Waals surface area contributed by atoms with E-state index in [-0.39, 0.29) is 18.0 Å². The Labute approximate surface area is 136 Å². The molecule has 1 saturated heterocycles. The molecule has 0 spiro atoms. The molecule has 1 aromatic carbocycles. The van der Waals surface area contributed by atoms with Gasteiger partial charge in [0.15, 0.2) is 0 Å². The fourth-order valence-electron chi connectivity index (χ4n) is 2.27. The molecule has 1 N–H and O–H groups in total. The topological polar surface area (TPSA) is 69.2 Å². The predicted octanol–water partition coefficient (Wildman–Crippen LogP) is 1.92. The number of hydrogen-bond donors (Lipinski definition) is 1. The van der Waals surface area contributed by atoms with Crippen molar-refractivity contribution in [1.29, 1.82) is 0 Å². The van der Waals surface area contributed by atoms with Crippen molar-refractivity contribution < 1.29 is 19.0 Å². The maximum absolute atomic E-state index is 12.3. The van der Waals surface area contributed by atoms with Gasteiger partial charge in [-0.15, -0.1) is 0 Å². The summed E-state index contributed by atoms with van der Waals surface area (Å²) in [5, 5.41) is 2.72. The van der Waals surface area contributed by atoms with Crippen LogP contribution in [0.15, 0.2) is 29.3 Å². The van der Waals surface area contributed by atoms with Gasteiger partial charge in [0.25, 0.3) is 11.9 Å². The third kappa shape index (κ3) is 6.00. The minimum Gasteiger partial charge on any atom is -0.463 e. The molecule has 23 heavy (non-hydrogen) atoms. The maximum Gasteiger partial charge on any atom is 0.291 e. The highest BCUT2D eigenvalue weighted by molar-refractivity contribution is 6.04. The zero-order valence-corrected chi connectivity index (χ0v) is 13.7. The van der Waals surface area contributed by atoms with E-state index in [2.05, 4.69) is 10.3 Å². The summed E-state index contributed by atoms with van der Waals surface area (Å²) in [6, 6.07) is 7.58. The minimum atomic E-state index is -0.239. The summed E-state index contributed by atoms with van der Waals surface area (Å²) in [6.07, 6.45) is 2.14. The summed E-state index contributed by atoms with van der Waals surface area (Å²) in [4.78, 5) is 16.6. The Balaban J connectivity index is 1.97. The molecular formula is C17H24N2O4. The first-order chi connectivity index (χ1) is 11.2.